The van der Waals surface area contributed by atoms with E-state index in [-0.39, 0.29) is 30.6 Å². The fourth-order valence-corrected chi connectivity index (χ4v) is 3.25. The van der Waals surface area contributed by atoms with E-state index in [0.717, 1.165) is 0 Å². The number of aliphatic carboxylic acids is 1. The fraction of sp³-hybridized carbons (Fsp3) is 0.867. The van der Waals surface area contributed by atoms with Gasteiger partial charge in [-0.15, -0.1) is 0 Å². The number of carboxylic acids is 1. The van der Waals surface area contributed by atoms with Crippen molar-refractivity contribution in [2.45, 2.75) is 63.2 Å². The predicted molar refractivity (Wildman–Crippen MR) is 79.5 cm³/mol. The molecule has 0 heterocycles. The quantitative estimate of drug-likeness (QED) is 0.581. The Morgan fingerprint density at radius 2 is 1.86 bits per heavy atom. The lowest BCUT2D eigenvalue weighted by atomic mass is 9.77. The predicted octanol–water partition coefficient (Wildman–Crippen LogP) is 0.859. The molecule has 0 radical (unpaired) electrons. The van der Waals surface area contributed by atoms with Crippen LogP contribution in [0, 0.1) is 5.92 Å². The standard InChI is InChI=1S/C15H26N2O5/c1-2-22-12-7-15(21,8-12)9-16-14(20)17-11-5-3-10(4-6-11)13(18)19/h10-12,21H,2-9H2,1H3,(H,18,19)(H2,16,17,20). The summed E-state index contributed by atoms with van der Waals surface area (Å²) in [6, 6.07) is -0.283. The van der Waals surface area contributed by atoms with Crippen molar-refractivity contribution in [2.24, 2.45) is 5.92 Å². The van der Waals surface area contributed by atoms with Crippen LogP contribution in [0.4, 0.5) is 4.79 Å². The molecular weight excluding hydrogens is 288 g/mol. The van der Waals surface area contributed by atoms with Crippen molar-refractivity contribution in [3.63, 3.8) is 0 Å². The lowest BCUT2D eigenvalue weighted by Crippen LogP contribution is -2.57. The second-order valence-electron chi connectivity index (χ2n) is 6.42. The molecule has 2 saturated carbocycles. The second-order valence-corrected chi connectivity index (χ2v) is 6.42. The van der Waals surface area contributed by atoms with Crippen molar-refractivity contribution >= 4 is 12.0 Å². The molecule has 2 aliphatic carbocycles. The molecule has 0 spiro atoms. The summed E-state index contributed by atoms with van der Waals surface area (Å²) in [7, 11) is 0. The highest BCUT2D eigenvalue weighted by Gasteiger charge is 2.43. The van der Waals surface area contributed by atoms with Crippen LogP contribution in [0.2, 0.25) is 0 Å². The van der Waals surface area contributed by atoms with Gasteiger partial charge in [-0.1, -0.05) is 0 Å². The maximum Gasteiger partial charge on any atom is 0.315 e. The van der Waals surface area contributed by atoms with E-state index < -0.39 is 11.6 Å². The van der Waals surface area contributed by atoms with Crippen molar-refractivity contribution in [2.75, 3.05) is 13.2 Å². The molecule has 0 atom stereocenters. The molecule has 0 aromatic carbocycles. The molecule has 2 amide bonds. The number of carboxylic acid groups (broad SMARTS) is 1. The van der Waals surface area contributed by atoms with Crippen molar-refractivity contribution in [3.05, 3.63) is 0 Å². The van der Waals surface area contributed by atoms with Gasteiger partial charge in [0.15, 0.2) is 0 Å². The SMILES string of the molecule is CCOC1CC(O)(CNC(=O)NC2CCC(C(=O)O)CC2)C1. The first-order valence-electron chi connectivity index (χ1n) is 8.03. The zero-order valence-electron chi connectivity index (χ0n) is 13.0. The van der Waals surface area contributed by atoms with Gasteiger partial charge in [0.05, 0.1) is 17.6 Å². The Hall–Kier alpha value is -1.34. The number of amides is 2. The normalized spacial score (nSPS) is 34.5. The van der Waals surface area contributed by atoms with E-state index in [9.17, 15) is 14.7 Å². The van der Waals surface area contributed by atoms with Crippen LogP contribution in [-0.4, -0.2) is 53.1 Å². The van der Waals surface area contributed by atoms with E-state index in [0.29, 0.717) is 45.1 Å². The first kappa shape index (κ1) is 17.0. The minimum Gasteiger partial charge on any atom is -0.481 e. The summed E-state index contributed by atoms with van der Waals surface area (Å²) in [6.07, 6.45) is 3.74. The third-order valence-electron chi connectivity index (χ3n) is 4.61. The molecule has 0 bridgehead atoms. The fourth-order valence-electron chi connectivity index (χ4n) is 3.25. The number of aliphatic hydroxyl groups is 1. The summed E-state index contributed by atoms with van der Waals surface area (Å²) < 4.78 is 5.39. The summed E-state index contributed by atoms with van der Waals surface area (Å²) in [6.45, 7) is 2.77. The van der Waals surface area contributed by atoms with Crippen LogP contribution < -0.4 is 10.6 Å². The zero-order chi connectivity index (χ0) is 16.2. The van der Waals surface area contributed by atoms with Gasteiger partial charge in [0, 0.05) is 32.0 Å². The topological polar surface area (TPSA) is 108 Å². The average Bonchev–Trinajstić information content (AvgIpc) is 2.44. The molecule has 0 aromatic heterocycles. The number of hydrogen-bond donors (Lipinski definition) is 4. The molecule has 0 unspecified atom stereocenters. The maximum absolute atomic E-state index is 11.8. The summed E-state index contributed by atoms with van der Waals surface area (Å²) in [5, 5.41) is 24.7. The third-order valence-corrected chi connectivity index (χ3v) is 4.61. The highest BCUT2D eigenvalue weighted by atomic mass is 16.5. The van der Waals surface area contributed by atoms with Crippen molar-refractivity contribution in [1.82, 2.24) is 10.6 Å². The van der Waals surface area contributed by atoms with Gasteiger partial charge in [-0.05, 0) is 32.6 Å². The lowest BCUT2D eigenvalue weighted by Gasteiger charge is -2.43. The van der Waals surface area contributed by atoms with E-state index in [1.807, 2.05) is 6.92 Å². The molecule has 7 nitrogen and oxygen atoms in total. The Balaban J connectivity index is 1.62. The van der Waals surface area contributed by atoms with Gasteiger partial charge in [-0.3, -0.25) is 4.79 Å². The van der Waals surface area contributed by atoms with Gasteiger partial charge in [0.1, 0.15) is 0 Å². The van der Waals surface area contributed by atoms with E-state index in [4.69, 9.17) is 9.84 Å². The Bertz CT molecular complexity index is 401. The Morgan fingerprint density at radius 1 is 1.23 bits per heavy atom. The highest BCUT2D eigenvalue weighted by molar-refractivity contribution is 5.74. The summed E-state index contributed by atoms with van der Waals surface area (Å²) in [5.41, 5.74) is -0.863. The van der Waals surface area contributed by atoms with Crippen LogP contribution >= 0.6 is 0 Å². The summed E-state index contributed by atoms with van der Waals surface area (Å²) >= 11 is 0. The number of carbonyl (C=O) groups is 2. The van der Waals surface area contributed by atoms with Crippen LogP contribution in [-0.2, 0) is 9.53 Å². The Labute approximate surface area is 130 Å². The van der Waals surface area contributed by atoms with Crippen molar-refractivity contribution in [1.29, 1.82) is 0 Å². The van der Waals surface area contributed by atoms with Gasteiger partial charge < -0.3 is 25.6 Å². The number of carbonyl (C=O) groups excluding carboxylic acids is 1. The molecule has 0 saturated heterocycles. The number of hydrogen-bond acceptors (Lipinski definition) is 4. The minimum absolute atomic E-state index is 0.0165. The zero-order valence-corrected chi connectivity index (χ0v) is 13.0. The Kier molecular flexibility index (Phi) is 5.63. The van der Waals surface area contributed by atoms with Crippen molar-refractivity contribution in [3.8, 4) is 0 Å². The van der Waals surface area contributed by atoms with E-state index >= 15 is 0 Å². The molecule has 126 valence electrons. The van der Waals surface area contributed by atoms with Crippen molar-refractivity contribution < 1.29 is 24.5 Å². The van der Waals surface area contributed by atoms with Crippen LogP contribution in [0.5, 0.6) is 0 Å². The molecule has 2 fully saturated rings. The van der Waals surface area contributed by atoms with E-state index in [1.54, 1.807) is 0 Å². The lowest BCUT2D eigenvalue weighted by molar-refractivity contribution is -0.142. The monoisotopic (exact) mass is 314 g/mol. The van der Waals surface area contributed by atoms with Crippen LogP contribution in [0.1, 0.15) is 45.4 Å². The molecule has 7 heteroatoms. The summed E-state index contributed by atoms with van der Waals surface area (Å²) in [4.78, 5) is 22.7. The van der Waals surface area contributed by atoms with Gasteiger partial charge in [0.25, 0.3) is 0 Å². The summed E-state index contributed by atoms with van der Waals surface area (Å²) in [5.74, 6) is -1.04. The van der Waals surface area contributed by atoms with Gasteiger partial charge in [0.2, 0.25) is 0 Å². The second kappa shape index (κ2) is 7.28. The average molecular weight is 314 g/mol. The number of nitrogens with one attached hydrogen (secondary N) is 2. The van der Waals surface area contributed by atoms with Gasteiger partial charge in [-0.25, -0.2) is 4.79 Å². The van der Waals surface area contributed by atoms with E-state index in [2.05, 4.69) is 10.6 Å². The minimum atomic E-state index is -0.863. The van der Waals surface area contributed by atoms with Crippen LogP contribution in [0.3, 0.4) is 0 Å². The number of rotatable bonds is 6. The van der Waals surface area contributed by atoms with Crippen LogP contribution in [0.25, 0.3) is 0 Å². The first-order chi connectivity index (χ1) is 10.4. The highest BCUT2D eigenvalue weighted by Crippen LogP contribution is 2.33. The molecule has 2 rings (SSSR count). The van der Waals surface area contributed by atoms with E-state index in [1.165, 1.54) is 0 Å². The smallest absolute Gasteiger partial charge is 0.315 e. The van der Waals surface area contributed by atoms with Crippen LogP contribution in [0.15, 0.2) is 0 Å². The van der Waals surface area contributed by atoms with Gasteiger partial charge in [-0.2, -0.15) is 0 Å². The number of urea groups is 1. The molecule has 0 aromatic rings. The largest absolute Gasteiger partial charge is 0.481 e. The molecule has 4 N–H and O–H groups in total. The molecular formula is C15H26N2O5. The molecule has 22 heavy (non-hydrogen) atoms. The third kappa shape index (κ3) is 4.58. The molecule has 0 aliphatic heterocycles. The first-order valence-corrected chi connectivity index (χ1v) is 8.03. The molecule has 2 aliphatic rings. The number of ether oxygens (including phenoxy) is 1. The van der Waals surface area contributed by atoms with Gasteiger partial charge >= 0.3 is 12.0 Å². The maximum atomic E-state index is 11.8. The Morgan fingerprint density at radius 3 is 2.41 bits per heavy atom.